The minimum absolute atomic E-state index is 0.0309. The SMILES string of the molecule is CCOC(=O)N1CCN(C(=O)c2cc(-c3ccc([N+](=O)[O-])cc3)nn2-c2ccc(Cl)cc2)CC1. The van der Waals surface area contributed by atoms with Gasteiger partial charge in [-0.15, -0.1) is 0 Å². The molecule has 0 saturated carbocycles. The topological polar surface area (TPSA) is 111 Å². The molecule has 34 heavy (non-hydrogen) atoms. The number of ether oxygens (including phenoxy) is 1. The number of nitrogens with zero attached hydrogens (tertiary/aromatic N) is 5. The summed E-state index contributed by atoms with van der Waals surface area (Å²) in [5.74, 6) is -0.237. The minimum atomic E-state index is -0.471. The second kappa shape index (κ2) is 9.92. The number of aromatic nitrogens is 2. The number of nitro benzene ring substituents is 1. The summed E-state index contributed by atoms with van der Waals surface area (Å²) in [6.45, 7) is 3.50. The molecule has 4 rings (SSSR count). The Morgan fingerprint density at radius 1 is 1.03 bits per heavy atom. The average molecular weight is 484 g/mol. The van der Waals surface area contributed by atoms with Gasteiger partial charge >= 0.3 is 6.09 Å². The Kier molecular flexibility index (Phi) is 6.78. The molecule has 0 N–H and O–H groups in total. The van der Waals surface area contributed by atoms with Gasteiger partial charge in [0, 0.05) is 48.9 Å². The van der Waals surface area contributed by atoms with Crippen LogP contribution >= 0.6 is 11.6 Å². The van der Waals surface area contributed by atoms with Crippen LogP contribution in [0.3, 0.4) is 0 Å². The number of carbonyl (C=O) groups is 2. The molecule has 1 aliphatic rings. The lowest BCUT2D eigenvalue weighted by Gasteiger charge is -2.34. The highest BCUT2D eigenvalue weighted by atomic mass is 35.5. The van der Waals surface area contributed by atoms with Gasteiger partial charge in [-0.25, -0.2) is 9.48 Å². The Balaban J connectivity index is 1.64. The van der Waals surface area contributed by atoms with E-state index in [2.05, 4.69) is 5.10 Å². The first kappa shape index (κ1) is 23.2. The molecule has 11 heteroatoms. The molecule has 0 spiro atoms. The van der Waals surface area contributed by atoms with Gasteiger partial charge in [-0.3, -0.25) is 14.9 Å². The standard InChI is InChI=1S/C23H22ClN5O5/c1-2-34-23(31)27-13-11-26(12-14-27)22(30)21-15-20(16-3-7-19(8-4-16)29(32)33)25-28(21)18-9-5-17(24)6-10-18/h3-10,15H,2,11-14H2,1H3. The second-order valence-electron chi connectivity index (χ2n) is 7.59. The molecule has 10 nitrogen and oxygen atoms in total. The van der Waals surface area contributed by atoms with Crippen LogP contribution in [0.5, 0.6) is 0 Å². The third-order valence-electron chi connectivity index (χ3n) is 5.47. The van der Waals surface area contributed by atoms with Gasteiger partial charge in [0.2, 0.25) is 0 Å². The quantitative estimate of drug-likeness (QED) is 0.400. The Labute approximate surface area is 200 Å². The number of hydrogen-bond donors (Lipinski definition) is 0. The number of rotatable bonds is 5. The van der Waals surface area contributed by atoms with Crippen LogP contribution in [0.4, 0.5) is 10.5 Å². The van der Waals surface area contributed by atoms with Gasteiger partial charge in [-0.2, -0.15) is 5.10 Å². The van der Waals surface area contributed by atoms with Crippen molar-refractivity contribution in [2.24, 2.45) is 0 Å². The lowest BCUT2D eigenvalue weighted by atomic mass is 10.1. The summed E-state index contributed by atoms with van der Waals surface area (Å²) in [5, 5.41) is 16.1. The Morgan fingerprint density at radius 2 is 1.65 bits per heavy atom. The van der Waals surface area contributed by atoms with E-state index in [0.29, 0.717) is 60.4 Å². The molecule has 1 aromatic heterocycles. The van der Waals surface area contributed by atoms with E-state index < -0.39 is 4.92 Å². The van der Waals surface area contributed by atoms with E-state index in [1.165, 1.54) is 16.8 Å². The van der Waals surface area contributed by atoms with Crippen LogP contribution in [-0.4, -0.2) is 69.3 Å². The Morgan fingerprint density at radius 3 is 2.24 bits per heavy atom. The van der Waals surface area contributed by atoms with Crippen LogP contribution in [0.2, 0.25) is 5.02 Å². The molecule has 176 valence electrons. The maximum absolute atomic E-state index is 13.5. The smallest absolute Gasteiger partial charge is 0.409 e. The molecule has 0 unspecified atom stereocenters. The number of piperazine rings is 1. The van der Waals surface area contributed by atoms with Crippen molar-refractivity contribution < 1.29 is 19.2 Å². The largest absolute Gasteiger partial charge is 0.450 e. The van der Waals surface area contributed by atoms with Crippen molar-refractivity contribution in [2.75, 3.05) is 32.8 Å². The molecule has 1 fully saturated rings. The van der Waals surface area contributed by atoms with Gasteiger partial charge < -0.3 is 14.5 Å². The zero-order valence-corrected chi connectivity index (χ0v) is 19.1. The molecule has 2 amide bonds. The number of non-ortho nitro benzene ring substituents is 1. The van der Waals surface area contributed by atoms with Crippen molar-refractivity contribution in [2.45, 2.75) is 6.92 Å². The summed E-state index contributed by atoms with van der Waals surface area (Å²) in [6.07, 6.45) is -0.388. The molecular formula is C23H22ClN5O5. The summed E-state index contributed by atoms with van der Waals surface area (Å²) in [5.41, 5.74) is 2.08. The van der Waals surface area contributed by atoms with Crippen molar-refractivity contribution in [3.05, 3.63) is 75.4 Å². The van der Waals surface area contributed by atoms with Crippen LogP contribution in [0, 0.1) is 10.1 Å². The van der Waals surface area contributed by atoms with Gasteiger partial charge in [0.15, 0.2) is 0 Å². The number of hydrogen-bond acceptors (Lipinski definition) is 6. The van der Waals surface area contributed by atoms with Crippen LogP contribution in [-0.2, 0) is 4.74 Å². The molecule has 0 atom stereocenters. The van der Waals surface area contributed by atoms with E-state index in [1.54, 1.807) is 59.2 Å². The average Bonchev–Trinajstić information content (AvgIpc) is 3.30. The van der Waals surface area contributed by atoms with Crippen molar-refractivity contribution in [3.8, 4) is 16.9 Å². The van der Waals surface area contributed by atoms with Gasteiger partial charge in [-0.1, -0.05) is 11.6 Å². The van der Waals surface area contributed by atoms with Crippen molar-refractivity contribution in [1.29, 1.82) is 0 Å². The number of halogens is 1. The third kappa shape index (κ3) is 4.86. The van der Waals surface area contributed by atoms with Crippen LogP contribution < -0.4 is 0 Å². The molecule has 1 saturated heterocycles. The van der Waals surface area contributed by atoms with E-state index in [0.717, 1.165) is 0 Å². The van der Waals surface area contributed by atoms with E-state index >= 15 is 0 Å². The zero-order valence-electron chi connectivity index (χ0n) is 18.4. The number of nitro groups is 1. The normalized spacial score (nSPS) is 13.6. The number of benzene rings is 2. The molecule has 0 radical (unpaired) electrons. The first-order valence-corrected chi connectivity index (χ1v) is 11.1. The highest BCUT2D eigenvalue weighted by Crippen LogP contribution is 2.26. The van der Waals surface area contributed by atoms with Gasteiger partial charge in [0.25, 0.3) is 11.6 Å². The first-order valence-electron chi connectivity index (χ1n) is 10.7. The fraction of sp³-hybridized carbons (Fsp3) is 0.261. The predicted octanol–water partition coefficient (Wildman–Crippen LogP) is 4.02. The fourth-order valence-corrected chi connectivity index (χ4v) is 3.80. The number of carbonyl (C=O) groups excluding carboxylic acids is 2. The van der Waals surface area contributed by atoms with Crippen molar-refractivity contribution in [1.82, 2.24) is 19.6 Å². The van der Waals surface area contributed by atoms with E-state index in [-0.39, 0.29) is 17.7 Å². The molecule has 0 bridgehead atoms. The molecular weight excluding hydrogens is 462 g/mol. The lowest BCUT2D eigenvalue weighted by Crippen LogP contribution is -2.51. The van der Waals surface area contributed by atoms with Crippen LogP contribution in [0.25, 0.3) is 16.9 Å². The second-order valence-corrected chi connectivity index (χ2v) is 8.02. The summed E-state index contributed by atoms with van der Waals surface area (Å²) in [6, 6.07) is 14.6. The van der Waals surface area contributed by atoms with E-state index in [9.17, 15) is 19.7 Å². The Hall–Kier alpha value is -3.92. The summed E-state index contributed by atoms with van der Waals surface area (Å²) >= 11 is 6.02. The van der Waals surface area contributed by atoms with Crippen LogP contribution in [0.1, 0.15) is 17.4 Å². The highest BCUT2D eigenvalue weighted by molar-refractivity contribution is 6.30. The molecule has 2 aromatic carbocycles. The summed E-state index contributed by atoms with van der Waals surface area (Å²) in [4.78, 5) is 39.2. The lowest BCUT2D eigenvalue weighted by molar-refractivity contribution is -0.384. The monoisotopic (exact) mass is 483 g/mol. The maximum atomic E-state index is 13.5. The maximum Gasteiger partial charge on any atom is 0.409 e. The van der Waals surface area contributed by atoms with E-state index in [4.69, 9.17) is 16.3 Å². The van der Waals surface area contributed by atoms with Gasteiger partial charge in [0.05, 0.1) is 22.9 Å². The van der Waals surface area contributed by atoms with Gasteiger partial charge in [-0.05, 0) is 49.4 Å². The molecule has 2 heterocycles. The Bertz CT molecular complexity index is 1200. The molecule has 1 aliphatic heterocycles. The van der Waals surface area contributed by atoms with Crippen LogP contribution in [0.15, 0.2) is 54.6 Å². The van der Waals surface area contributed by atoms with Gasteiger partial charge in [0.1, 0.15) is 5.69 Å². The fourth-order valence-electron chi connectivity index (χ4n) is 3.68. The summed E-state index contributed by atoms with van der Waals surface area (Å²) < 4.78 is 6.58. The number of amides is 2. The highest BCUT2D eigenvalue weighted by Gasteiger charge is 2.28. The molecule has 0 aliphatic carbocycles. The third-order valence-corrected chi connectivity index (χ3v) is 5.72. The predicted molar refractivity (Wildman–Crippen MR) is 125 cm³/mol. The van der Waals surface area contributed by atoms with E-state index in [1.807, 2.05) is 0 Å². The van der Waals surface area contributed by atoms with Crippen molar-refractivity contribution in [3.63, 3.8) is 0 Å². The molecule has 3 aromatic rings. The first-order chi connectivity index (χ1) is 16.4. The van der Waals surface area contributed by atoms with Crippen molar-refractivity contribution >= 4 is 29.3 Å². The zero-order chi connectivity index (χ0) is 24.2. The summed E-state index contributed by atoms with van der Waals surface area (Å²) in [7, 11) is 0. The minimum Gasteiger partial charge on any atom is -0.450 e.